The Balaban J connectivity index is 1.91. The van der Waals surface area contributed by atoms with Gasteiger partial charge < -0.3 is 0 Å². The van der Waals surface area contributed by atoms with E-state index in [-0.39, 0.29) is 0 Å². The van der Waals surface area contributed by atoms with E-state index in [0.29, 0.717) is 0 Å². The maximum atomic E-state index is 12.7. The summed E-state index contributed by atoms with van der Waals surface area (Å²) >= 11 is 0. The quantitative estimate of drug-likeness (QED) is 0.471. The van der Waals surface area contributed by atoms with E-state index in [4.69, 9.17) is 0 Å². The second-order valence-corrected chi connectivity index (χ2v) is 5.80. The number of fused-ring (bicyclic) bond motifs is 1. The minimum Gasteiger partial charge on any atom is -0.166 e. The van der Waals surface area contributed by atoms with Crippen molar-refractivity contribution in [3.63, 3.8) is 0 Å². The van der Waals surface area contributed by atoms with Gasteiger partial charge in [0.2, 0.25) is 0 Å². The second-order valence-electron chi connectivity index (χ2n) is 5.80. The summed E-state index contributed by atoms with van der Waals surface area (Å²) in [5, 5.41) is 2.21. The van der Waals surface area contributed by atoms with E-state index in [1.807, 2.05) is 24.3 Å². The molecule has 0 atom stereocenters. The molecule has 0 nitrogen and oxygen atoms in total. The maximum Gasteiger partial charge on any atom is 0.416 e. The van der Waals surface area contributed by atoms with Crippen LogP contribution in [0.2, 0.25) is 0 Å². The minimum absolute atomic E-state index is 0.626. The van der Waals surface area contributed by atoms with Crippen molar-refractivity contribution in [1.29, 1.82) is 0 Å². The first-order valence-electron chi connectivity index (χ1n) is 7.78. The minimum atomic E-state index is -4.30. The van der Waals surface area contributed by atoms with Crippen molar-refractivity contribution in [3.05, 3.63) is 84.4 Å². The second kappa shape index (κ2) is 6.52. The lowest BCUT2D eigenvalue weighted by atomic mass is 9.98. The molecule has 0 N–H and O–H groups in total. The van der Waals surface area contributed by atoms with Gasteiger partial charge in [-0.1, -0.05) is 48.5 Å². The van der Waals surface area contributed by atoms with Crippen molar-refractivity contribution in [3.8, 4) is 11.1 Å². The van der Waals surface area contributed by atoms with Crippen molar-refractivity contribution >= 4 is 10.8 Å². The number of aryl methyl sites for hydroxylation is 1. The van der Waals surface area contributed by atoms with E-state index in [9.17, 15) is 13.2 Å². The van der Waals surface area contributed by atoms with Crippen molar-refractivity contribution in [2.24, 2.45) is 0 Å². The molecule has 3 aromatic carbocycles. The van der Waals surface area contributed by atoms with E-state index in [1.54, 1.807) is 0 Å². The third kappa shape index (κ3) is 3.51. The summed E-state index contributed by atoms with van der Waals surface area (Å²) in [5.41, 5.74) is 2.32. The van der Waals surface area contributed by atoms with Gasteiger partial charge in [-0.25, -0.2) is 0 Å². The van der Waals surface area contributed by atoms with Crippen LogP contribution in [0.15, 0.2) is 73.3 Å². The van der Waals surface area contributed by atoms with E-state index in [1.165, 1.54) is 17.7 Å². The third-order valence-electron chi connectivity index (χ3n) is 4.09. The van der Waals surface area contributed by atoms with Crippen LogP contribution in [-0.4, -0.2) is 0 Å². The third-order valence-corrected chi connectivity index (χ3v) is 4.09. The molecule has 0 bridgehead atoms. The van der Waals surface area contributed by atoms with E-state index in [2.05, 4.69) is 24.8 Å². The van der Waals surface area contributed by atoms with Gasteiger partial charge in [0.05, 0.1) is 5.56 Å². The molecule has 0 unspecified atom stereocenters. The van der Waals surface area contributed by atoms with Crippen LogP contribution in [0, 0.1) is 0 Å². The molecule has 0 aliphatic rings. The summed E-state index contributed by atoms with van der Waals surface area (Å²) < 4.78 is 38.0. The van der Waals surface area contributed by atoms with E-state index in [0.717, 1.165) is 46.9 Å². The van der Waals surface area contributed by atoms with E-state index < -0.39 is 11.7 Å². The smallest absolute Gasteiger partial charge is 0.166 e. The Bertz CT molecular complexity index is 858. The van der Waals surface area contributed by atoms with Gasteiger partial charge in [0.1, 0.15) is 0 Å². The van der Waals surface area contributed by atoms with Gasteiger partial charge >= 0.3 is 6.18 Å². The Hall–Kier alpha value is -2.55. The largest absolute Gasteiger partial charge is 0.416 e. The van der Waals surface area contributed by atoms with Crippen LogP contribution in [0.5, 0.6) is 0 Å². The molecule has 3 aromatic rings. The highest BCUT2D eigenvalue weighted by atomic mass is 19.4. The summed E-state index contributed by atoms with van der Waals surface area (Å²) in [4.78, 5) is 0. The van der Waals surface area contributed by atoms with E-state index >= 15 is 0 Å². The summed E-state index contributed by atoms with van der Waals surface area (Å²) in [6, 6.07) is 17.5. The summed E-state index contributed by atoms with van der Waals surface area (Å²) in [7, 11) is 0. The summed E-state index contributed by atoms with van der Waals surface area (Å²) in [5.74, 6) is 0. The zero-order valence-electron chi connectivity index (χ0n) is 13.1. The highest BCUT2D eigenvalue weighted by Crippen LogP contribution is 2.31. The van der Waals surface area contributed by atoms with Gasteiger partial charge in [-0.3, -0.25) is 0 Å². The predicted octanol–water partition coefficient (Wildman–Crippen LogP) is 6.64. The van der Waals surface area contributed by atoms with Crippen LogP contribution >= 0.6 is 0 Å². The lowest BCUT2D eigenvalue weighted by molar-refractivity contribution is -0.137. The monoisotopic (exact) mass is 326 g/mol. The zero-order valence-corrected chi connectivity index (χ0v) is 13.1. The molecular weight excluding hydrogens is 309 g/mol. The predicted molar refractivity (Wildman–Crippen MR) is 92.9 cm³/mol. The molecular formula is C21H17F3. The van der Waals surface area contributed by atoms with Crippen molar-refractivity contribution in [2.45, 2.75) is 19.0 Å². The number of hydrogen-bond donors (Lipinski definition) is 0. The molecule has 122 valence electrons. The molecule has 0 aliphatic heterocycles. The molecule has 3 heteroatoms. The molecule has 0 saturated carbocycles. The molecule has 0 radical (unpaired) electrons. The number of halogens is 3. The molecule has 3 rings (SSSR count). The van der Waals surface area contributed by atoms with Gasteiger partial charge in [-0.05, 0) is 58.5 Å². The Labute approximate surface area is 139 Å². The first-order chi connectivity index (χ1) is 11.5. The molecule has 24 heavy (non-hydrogen) atoms. The lowest BCUT2D eigenvalue weighted by Crippen LogP contribution is -2.03. The van der Waals surface area contributed by atoms with Gasteiger partial charge in [0.25, 0.3) is 0 Å². The number of rotatable bonds is 4. The van der Waals surface area contributed by atoms with Crippen molar-refractivity contribution < 1.29 is 13.2 Å². The molecule has 0 aliphatic carbocycles. The zero-order chi connectivity index (χ0) is 17.2. The van der Waals surface area contributed by atoms with Crippen molar-refractivity contribution in [1.82, 2.24) is 0 Å². The molecule has 0 saturated heterocycles. The molecule has 0 aromatic heterocycles. The molecule has 0 spiro atoms. The fraction of sp³-hybridized carbons (Fsp3) is 0.143. The molecule has 0 heterocycles. The Morgan fingerprint density at radius 2 is 1.42 bits per heavy atom. The Kier molecular flexibility index (Phi) is 4.43. The normalized spacial score (nSPS) is 11.6. The highest BCUT2D eigenvalue weighted by molar-refractivity contribution is 5.87. The van der Waals surface area contributed by atoms with Gasteiger partial charge in [0, 0.05) is 0 Å². The fourth-order valence-corrected chi connectivity index (χ4v) is 2.75. The Morgan fingerprint density at radius 3 is 2.08 bits per heavy atom. The molecule has 0 amide bonds. The van der Waals surface area contributed by atoms with Crippen molar-refractivity contribution in [2.75, 3.05) is 0 Å². The average molecular weight is 326 g/mol. The van der Waals surface area contributed by atoms with Crippen LogP contribution < -0.4 is 0 Å². The topological polar surface area (TPSA) is 0 Å². The number of allylic oxidation sites excluding steroid dienone is 1. The first-order valence-corrected chi connectivity index (χ1v) is 7.78. The van der Waals surface area contributed by atoms with Gasteiger partial charge in [-0.2, -0.15) is 13.2 Å². The van der Waals surface area contributed by atoms with Crippen LogP contribution in [-0.2, 0) is 12.6 Å². The standard InChI is InChI=1S/C21H17F3/c1-2-3-4-15-5-6-19-14-18(8-7-17(19)13-15)16-9-11-20(12-10-16)21(22,23)24/h2,5-14H,1,3-4H2. The SMILES string of the molecule is C=CCCc1ccc2cc(-c3ccc(C(F)(F)F)cc3)ccc2c1. The van der Waals surface area contributed by atoms with Gasteiger partial charge in [0.15, 0.2) is 0 Å². The molecule has 0 fully saturated rings. The first kappa shape index (κ1) is 16.3. The van der Waals surface area contributed by atoms with Crippen LogP contribution in [0.1, 0.15) is 17.5 Å². The highest BCUT2D eigenvalue weighted by Gasteiger charge is 2.29. The van der Waals surface area contributed by atoms with Gasteiger partial charge in [-0.15, -0.1) is 6.58 Å². The average Bonchev–Trinajstić information content (AvgIpc) is 2.58. The maximum absolute atomic E-state index is 12.7. The lowest BCUT2D eigenvalue weighted by Gasteiger charge is -2.09. The number of hydrogen-bond acceptors (Lipinski definition) is 0. The number of alkyl halides is 3. The van der Waals surface area contributed by atoms with Crippen LogP contribution in [0.4, 0.5) is 13.2 Å². The summed E-state index contributed by atoms with van der Waals surface area (Å²) in [6.45, 7) is 3.73. The van der Waals surface area contributed by atoms with Crippen LogP contribution in [0.3, 0.4) is 0 Å². The fourth-order valence-electron chi connectivity index (χ4n) is 2.75. The Morgan fingerprint density at radius 1 is 0.792 bits per heavy atom. The number of benzene rings is 3. The van der Waals surface area contributed by atoms with Crippen LogP contribution in [0.25, 0.3) is 21.9 Å². The summed E-state index contributed by atoms with van der Waals surface area (Å²) in [6.07, 6.45) is -0.503.